The van der Waals surface area contributed by atoms with E-state index in [1.54, 1.807) is 0 Å². The minimum absolute atomic E-state index is 0.801. The summed E-state index contributed by atoms with van der Waals surface area (Å²) in [5.74, 6) is 0. The molecule has 0 amide bonds. The van der Waals surface area contributed by atoms with Crippen LogP contribution in [0.25, 0.3) is 0 Å². The van der Waals surface area contributed by atoms with Gasteiger partial charge in [-0.3, -0.25) is 0 Å². The molecule has 0 aliphatic rings. The molecule has 3 heteroatoms. The van der Waals surface area contributed by atoms with Crippen molar-refractivity contribution in [3.63, 3.8) is 0 Å². The zero-order valence-corrected chi connectivity index (χ0v) is 12.5. The van der Waals surface area contributed by atoms with Crippen LogP contribution in [0.15, 0.2) is 24.3 Å². The monoisotopic (exact) mass is 362 g/mol. The molecule has 0 saturated heterocycles. The fourth-order valence-electron chi connectivity index (χ4n) is 0.760. The van der Waals surface area contributed by atoms with Gasteiger partial charge in [-0.25, -0.2) is 0 Å². The van der Waals surface area contributed by atoms with Crippen molar-refractivity contribution in [3.05, 3.63) is 34.9 Å². The fraction of sp³-hybridized carbons (Fsp3) is 0.143. The predicted molar refractivity (Wildman–Crippen MR) is 41.0 cm³/mol. The molecule has 0 aliphatic carbocycles. The Morgan fingerprint density at radius 2 is 1.80 bits per heavy atom. The van der Waals surface area contributed by atoms with Gasteiger partial charge in [0.25, 0.3) is 0 Å². The van der Waals surface area contributed by atoms with E-state index in [0.717, 1.165) is 8.95 Å². The van der Waals surface area contributed by atoms with Crippen LogP contribution in [0, 0.1) is 0 Å². The van der Waals surface area contributed by atoms with Crippen LogP contribution in [0.4, 0.5) is 0 Å². The number of rotatable bonds is 2. The Balaban J connectivity index is 2.69. The molecule has 0 radical (unpaired) electrons. The van der Waals surface area contributed by atoms with E-state index in [0.29, 0.717) is 0 Å². The third kappa shape index (κ3) is 2.77. The SMILES string of the molecule is [Cl][Hg][CH2]c1ccc(Cl)cc1. The van der Waals surface area contributed by atoms with Gasteiger partial charge >= 0.3 is 82.0 Å². The van der Waals surface area contributed by atoms with Crippen molar-refractivity contribution in [2.24, 2.45) is 0 Å². The van der Waals surface area contributed by atoms with Crippen LogP contribution in [0.5, 0.6) is 0 Å². The first-order valence-corrected chi connectivity index (χ1v) is 14.2. The molecular weight excluding hydrogens is 356 g/mol. The summed E-state index contributed by atoms with van der Waals surface area (Å²) in [4.78, 5) is 0. The Bertz CT molecular complexity index is 195. The zero-order valence-electron chi connectivity index (χ0n) is 5.48. The van der Waals surface area contributed by atoms with E-state index in [2.05, 4.69) is 0 Å². The Hall–Kier alpha value is 0.735. The second-order valence-corrected chi connectivity index (χ2v) is 9.23. The van der Waals surface area contributed by atoms with E-state index in [9.17, 15) is 0 Å². The molecule has 1 aromatic carbocycles. The van der Waals surface area contributed by atoms with E-state index in [1.807, 2.05) is 24.3 Å². The van der Waals surface area contributed by atoms with E-state index in [-0.39, 0.29) is 0 Å². The Morgan fingerprint density at radius 1 is 1.20 bits per heavy atom. The summed E-state index contributed by atoms with van der Waals surface area (Å²) in [5, 5.41) is 0.801. The average molecular weight is 362 g/mol. The molecule has 0 unspecified atom stereocenters. The van der Waals surface area contributed by atoms with Crippen LogP contribution in [-0.4, -0.2) is 0 Å². The fourth-order valence-corrected chi connectivity index (χ4v) is 4.95. The molecule has 0 saturated carbocycles. The first-order chi connectivity index (χ1) is 4.83. The summed E-state index contributed by atoms with van der Waals surface area (Å²) < 4.78 is 1.14. The van der Waals surface area contributed by atoms with E-state index < -0.39 is 23.3 Å². The Kier molecular flexibility index (Phi) is 4.04. The summed E-state index contributed by atoms with van der Waals surface area (Å²) in [6.45, 7) is 0. The Morgan fingerprint density at radius 3 is 2.30 bits per heavy atom. The summed E-state index contributed by atoms with van der Waals surface area (Å²) in [7, 11) is 5.77. The van der Waals surface area contributed by atoms with Crippen molar-refractivity contribution in [2.75, 3.05) is 0 Å². The van der Waals surface area contributed by atoms with Gasteiger partial charge in [-0.2, -0.15) is 0 Å². The molecule has 0 aromatic heterocycles. The van der Waals surface area contributed by atoms with Crippen LogP contribution in [0.1, 0.15) is 5.56 Å². The molecule has 0 aliphatic heterocycles. The van der Waals surface area contributed by atoms with Crippen molar-refractivity contribution in [1.29, 1.82) is 0 Å². The molecule has 0 nitrogen and oxygen atoms in total. The van der Waals surface area contributed by atoms with Gasteiger partial charge in [0.1, 0.15) is 0 Å². The number of halogens is 2. The summed E-state index contributed by atoms with van der Waals surface area (Å²) in [5.41, 5.74) is 1.33. The van der Waals surface area contributed by atoms with Gasteiger partial charge in [-0.1, -0.05) is 0 Å². The van der Waals surface area contributed by atoms with Crippen molar-refractivity contribution in [1.82, 2.24) is 0 Å². The second-order valence-electron chi connectivity index (χ2n) is 2.07. The number of benzene rings is 1. The van der Waals surface area contributed by atoms with Crippen molar-refractivity contribution >= 4 is 19.9 Å². The molecule has 0 fully saturated rings. The van der Waals surface area contributed by atoms with E-state index in [4.69, 9.17) is 19.9 Å². The molecule has 0 heterocycles. The molecule has 1 rings (SSSR count). The van der Waals surface area contributed by atoms with Gasteiger partial charge in [0.15, 0.2) is 0 Å². The van der Waals surface area contributed by atoms with Crippen LogP contribution in [-0.2, 0) is 27.3 Å². The van der Waals surface area contributed by atoms with E-state index in [1.165, 1.54) is 5.56 Å². The molecule has 10 heavy (non-hydrogen) atoms. The molecule has 1 aromatic rings. The molecule has 0 bridgehead atoms. The molecule has 0 N–H and O–H groups in total. The molecule has 0 atom stereocenters. The first kappa shape index (κ1) is 8.83. The molecule has 0 spiro atoms. The normalized spacial score (nSPS) is 9.00. The molecular formula is C7H6Cl2Hg. The average Bonchev–Trinajstić information content (AvgIpc) is 1.95. The van der Waals surface area contributed by atoms with Gasteiger partial charge in [-0.05, 0) is 0 Å². The van der Waals surface area contributed by atoms with Crippen LogP contribution >= 0.6 is 19.9 Å². The summed E-state index contributed by atoms with van der Waals surface area (Å²) >= 11 is 4.71. The summed E-state index contributed by atoms with van der Waals surface area (Å²) in [6.07, 6.45) is 0. The Labute approximate surface area is 81.4 Å². The van der Waals surface area contributed by atoms with Gasteiger partial charge in [0.05, 0.1) is 0 Å². The molecule has 50 valence electrons. The maximum atomic E-state index is 5.77. The zero-order chi connectivity index (χ0) is 7.40. The topological polar surface area (TPSA) is 0 Å². The van der Waals surface area contributed by atoms with Crippen molar-refractivity contribution in [2.45, 2.75) is 3.93 Å². The van der Waals surface area contributed by atoms with Crippen LogP contribution < -0.4 is 0 Å². The quantitative estimate of drug-likeness (QED) is 0.710. The van der Waals surface area contributed by atoms with E-state index >= 15 is 0 Å². The van der Waals surface area contributed by atoms with Gasteiger partial charge in [0.2, 0.25) is 0 Å². The first-order valence-electron chi connectivity index (χ1n) is 3.13. The van der Waals surface area contributed by atoms with Crippen LogP contribution in [0.3, 0.4) is 0 Å². The maximum absolute atomic E-state index is 5.77. The van der Waals surface area contributed by atoms with Crippen molar-refractivity contribution in [3.8, 4) is 0 Å². The van der Waals surface area contributed by atoms with Gasteiger partial charge < -0.3 is 0 Å². The number of hydrogen-bond donors (Lipinski definition) is 0. The van der Waals surface area contributed by atoms with Gasteiger partial charge in [-0.15, -0.1) is 0 Å². The standard InChI is InChI=1S/C7H6Cl.ClH.Hg/c1-6-2-4-7(8)5-3-6;;/h2-5H,1H2;1H;/q;;+1/p-1. The van der Waals surface area contributed by atoms with Crippen LogP contribution in [0.2, 0.25) is 5.02 Å². The second kappa shape index (κ2) is 4.58. The predicted octanol–water partition coefficient (Wildman–Crippen LogP) is 3.08. The summed E-state index contributed by atoms with van der Waals surface area (Å²) in [6, 6.07) is 7.92. The number of hydrogen-bond acceptors (Lipinski definition) is 0. The third-order valence-corrected chi connectivity index (χ3v) is 6.19. The minimum atomic E-state index is -0.989. The third-order valence-electron chi connectivity index (χ3n) is 1.30. The van der Waals surface area contributed by atoms with Gasteiger partial charge in [0, 0.05) is 0 Å². The van der Waals surface area contributed by atoms with Crippen molar-refractivity contribution < 1.29 is 23.3 Å².